The number of pyridine rings is 1. The maximum atomic E-state index is 15.3. The van der Waals surface area contributed by atoms with E-state index in [0.717, 1.165) is 25.7 Å². The molecule has 1 saturated carbocycles. The van der Waals surface area contributed by atoms with E-state index in [2.05, 4.69) is 5.32 Å². The summed E-state index contributed by atoms with van der Waals surface area (Å²) in [6, 6.07) is 6.31. The average molecular weight is 481 g/mol. The van der Waals surface area contributed by atoms with Gasteiger partial charge in [0.15, 0.2) is 5.76 Å². The minimum atomic E-state index is -0.517. The zero-order valence-electron chi connectivity index (χ0n) is 19.8. The number of carbonyl (C=O) groups excluding carboxylic acids is 2. The number of benzene rings is 1. The highest BCUT2D eigenvalue weighted by Gasteiger charge is 2.27. The van der Waals surface area contributed by atoms with E-state index in [1.54, 1.807) is 29.3 Å². The summed E-state index contributed by atoms with van der Waals surface area (Å²) >= 11 is 0. The lowest BCUT2D eigenvalue weighted by atomic mass is 10.1. The summed E-state index contributed by atoms with van der Waals surface area (Å²) in [4.78, 5) is 42.1. The van der Waals surface area contributed by atoms with E-state index in [1.165, 1.54) is 12.3 Å². The Morgan fingerprint density at radius 2 is 1.89 bits per heavy atom. The van der Waals surface area contributed by atoms with Gasteiger partial charge in [-0.25, -0.2) is 4.39 Å². The largest absolute Gasteiger partial charge is 0.459 e. The van der Waals surface area contributed by atoms with Gasteiger partial charge in [-0.05, 0) is 44.0 Å². The monoisotopic (exact) mass is 480 g/mol. The fraction of sp³-hybridized carbons (Fsp3) is 0.423. The van der Waals surface area contributed by atoms with E-state index in [0.29, 0.717) is 43.9 Å². The lowest BCUT2D eigenvalue weighted by molar-refractivity contribution is 0.0714. The third kappa shape index (κ3) is 4.42. The lowest BCUT2D eigenvalue weighted by Crippen LogP contribution is -2.49. The number of aromatic nitrogens is 1. The van der Waals surface area contributed by atoms with Gasteiger partial charge in [-0.15, -0.1) is 0 Å². The topological polar surface area (TPSA) is 87.8 Å². The molecule has 35 heavy (non-hydrogen) atoms. The summed E-state index contributed by atoms with van der Waals surface area (Å²) in [7, 11) is 0. The van der Waals surface area contributed by atoms with Gasteiger partial charge in [0, 0.05) is 50.3 Å². The van der Waals surface area contributed by atoms with Gasteiger partial charge in [-0.1, -0.05) is 12.8 Å². The van der Waals surface area contributed by atoms with Crippen LogP contribution in [0.25, 0.3) is 10.9 Å². The third-order valence-corrected chi connectivity index (χ3v) is 7.06. The highest BCUT2D eigenvalue weighted by molar-refractivity contribution is 5.98. The molecule has 3 heterocycles. The molecule has 2 aromatic heterocycles. The first-order chi connectivity index (χ1) is 17.0. The molecule has 3 aromatic rings. The summed E-state index contributed by atoms with van der Waals surface area (Å²) in [5.41, 5.74) is 0.552. The first-order valence-electron chi connectivity index (χ1n) is 12.2. The van der Waals surface area contributed by atoms with Crippen LogP contribution >= 0.6 is 0 Å². The molecular weight excluding hydrogens is 451 g/mol. The van der Waals surface area contributed by atoms with Crippen molar-refractivity contribution in [2.24, 2.45) is 0 Å². The predicted molar refractivity (Wildman–Crippen MR) is 130 cm³/mol. The minimum Gasteiger partial charge on any atom is -0.459 e. The molecule has 1 N–H and O–H groups in total. The second kappa shape index (κ2) is 9.56. The second-order valence-electron chi connectivity index (χ2n) is 9.19. The van der Waals surface area contributed by atoms with Crippen LogP contribution in [-0.4, -0.2) is 53.5 Å². The van der Waals surface area contributed by atoms with Crippen molar-refractivity contribution in [3.63, 3.8) is 0 Å². The van der Waals surface area contributed by atoms with Crippen molar-refractivity contribution < 1.29 is 18.4 Å². The maximum absolute atomic E-state index is 15.3. The predicted octanol–water partition coefficient (Wildman–Crippen LogP) is 3.39. The maximum Gasteiger partial charge on any atom is 0.289 e. The summed E-state index contributed by atoms with van der Waals surface area (Å²) in [6.45, 7) is 4.21. The number of fused-ring (bicyclic) bond motifs is 1. The lowest BCUT2D eigenvalue weighted by Gasteiger charge is -2.36. The quantitative estimate of drug-likeness (QED) is 0.605. The van der Waals surface area contributed by atoms with Crippen LogP contribution in [0, 0.1) is 5.82 Å². The van der Waals surface area contributed by atoms with Gasteiger partial charge in [-0.3, -0.25) is 14.4 Å². The van der Waals surface area contributed by atoms with Gasteiger partial charge in [0.25, 0.3) is 11.8 Å². The van der Waals surface area contributed by atoms with Crippen LogP contribution in [0.3, 0.4) is 0 Å². The van der Waals surface area contributed by atoms with Crippen LogP contribution in [0.15, 0.2) is 45.9 Å². The SMILES string of the molecule is CCn1cc(C(=O)NC2CCCC2)c(=O)c2cc(F)c(N3CCN(C(=O)c4ccco4)CC3)cc21. The molecule has 1 aliphatic heterocycles. The summed E-state index contributed by atoms with van der Waals surface area (Å²) < 4.78 is 22.3. The van der Waals surface area contributed by atoms with Crippen molar-refractivity contribution >= 4 is 28.4 Å². The number of carbonyl (C=O) groups is 2. The minimum absolute atomic E-state index is 0.0449. The Morgan fingerprint density at radius 1 is 1.14 bits per heavy atom. The molecule has 9 heteroatoms. The van der Waals surface area contributed by atoms with Gasteiger partial charge < -0.3 is 24.1 Å². The van der Waals surface area contributed by atoms with E-state index >= 15 is 4.39 Å². The average Bonchev–Trinajstić information content (AvgIpc) is 3.59. The zero-order chi connectivity index (χ0) is 24.5. The van der Waals surface area contributed by atoms with Gasteiger partial charge in [0.2, 0.25) is 5.43 Å². The molecule has 0 unspecified atom stereocenters. The number of piperazine rings is 1. The van der Waals surface area contributed by atoms with Crippen LogP contribution in [0.5, 0.6) is 0 Å². The van der Waals surface area contributed by atoms with Crippen LogP contribution in [0.4, 0.5) is 10.1 Å². The van der Waals surface area contributed by atoms with Crippen LogP contribution in [0.2, 0.25) is 0 Å². The number of nitrogens with zero attached hydrogens (tertiary/aromatic N) is 3. The number of nitrogens with one attached hydrogen (secondary N) is 1. The molecule has 184 valence electrons. The molecule has 2 aliphatic rings. The Balaban J connectivity index is 1.41. The molecular formula is C26H29FN4O4. The first kappa shape index (κ1) is 23.1. The summed E-state index contributed by atoms with van der Waals surface area (Å²) in [6.07, 6.45) is 7.02. The second-order valence-corrected chi connectivity index (χ2v) is 9.19. The van der Waals surface area contributed by atoms with E-state index in [4.69, 9.17) is 4.42 Å². The van der Waals surface area contributed by atoms with Crippen LogP contribution in [0.1, 0.15) is 53.5 Å². The summed E-state index contributed by atoms with van der Waals surface area (Å²) in [5.74, 6) is -0.809. The van der Waals surface area contributed by atoms with Gasteiger partial charge in [0.05, 0.1) is 17.5 Å². The molecule has 5 rings (SSSR count). The molecule has 1 aliphatic carbocycles. The molecule has 2 amide bonds. The van der Waals surface area contributed by atoms with Gasteiger partial charge >= 0.3 is 0 Å². The fourth-order valence-corrected chi connectivity index (χ4v) is 5.10. The number of anilines is 1. The van der Waals surface area contributed by atoms with E-state index in [1.807, 2.05) is 16.4 Å². The summed E-state index contributed by atoms with van der Waals surface area (Å²) in [5, 5.41) is 3.15. The number of aryl methyl sites for hydroxylation is 1. The third-order valence-electron chi connectivity index (χ3n) is 7.06. The zero-order valence-corrected chi connectivity index (χ0v) is 19.8. The number of amides is 2. The molecule has 1 aromatic carbocycles. The van der Waals surface area contributed by atoms with Crippen LogP contribution < -0.4 is 15.6 Å². The first-order valence-corrected chi connectivity index (χ1v) is 12.2. The number of furan rings is 1. The fourth-order valence-electron chi connectivity index (χ4n) is 5.10. The van der Waals surface area contributed by atoms with Crippen molar-refractivity contribution in [1.82, 2.24) is 14.8 Å². The highest BCUT2D eigenvalue weighted by Crippen LogP contribution is 2.27. The molecule has 0 bridgehead atoms. The highest BCUT2D eigenvalue weighted by atomic mass is 19.1. The normalized spacial score (nSPS) is 16.7. The van der Waals surface area contributed by atoms with Crippen molar-refractivity contribution in [2.75, 3.05) is 31.1 Å². The molecule has 8 nitrogen and oxygen atoms in total. The van der Waals surface area contributed by atoms with Gasteiger partial charge in [0.1, 0.15) is 11.4 Å². The molecule has 2 fully saturated rings. The number of hydrogen-bond acceptors (Lipinski definition) is 5. The molecule has 1 saturated heterocycles. The Morgan fingerprint density at radius 3 is 2.54 bits per heavy atom. The van der Waals surface area contributed by atoms with Crippen molar-refractivity contribution in [2.45, 2.75) is 45.2 Å². The number of halogens is 1. The molecule has 0 spiro atoms. The van der Waals surface area contributed by atoms with Gasteiger partial charge in [-0.2, -0.15) is 0 Å². The smallest absolute Gasteiger partial charge is 0.289 e. The standard InChI is InChI=1S/C26H29FN4O4/c1-2-29-16-19(25(33)28-17-6-3-4-7-17)24(32)18-14-20(27)22(15-21(18)29)30-9-11-31(12-10-30)26(34)23-8-5-13-35-23/h5,8,13-17H,2-4,6-7,9-12H2,1H3,(H,28,33). The number of hydrogen-bond donors (Lipinski definition) is 1. The van der Waals surface area contributed by atoms with E-state index in [9.17, 15) is 14.4 Å². The number of rotatable bonds is 5. The Hall–Kier alpha value is -3.62. The Labute approximate surface area is 202 Å². The molecule has 0 atom stereocenters. The molecule has 0 radical (unpaired) electrons. The van der Waals surface area contributed by atoms with E-state index in [-0.39, 0.29) is 28.7 Å². The van der Waals surface area contributed by atoms with Crippen molar-refractivity contribution in [3.05, 3.63) is 64.1 Å². The Kier molecular flexibility index (Phi) is 6.32. The van der Waals surface area contributed by atoms with Crippen molar-refractivity contribution in [3.8, 4) is 0 Å². The van der Waals surface area contributed by atoms with Crippen LogP contribution in [-0.2, 0) is 6.54 Å². The Bertz CT molecular complexity index is 1300. The van der Waals surface area contributed by atoms with Crippen molar-refractivity contribution in [1.29, 1.82) is 0 Å². The van der Waals surface area contributed by atoms with E-state index < -0.39 is 17.2 Å².